The van der Waals surface area contributed by atoms with Gasteiger partial charge in [0.1, 0.15) is 17.4 Å². The van der Waals surface area contributed by atoms with Gasteiger partial charge in [-0.3, -0.25) is 4.90 Å². The van der Waals surface area contributed by atoms with E-state index in [0.717, 1.165) is 49.0 Å². The van der Waals surface area contributed by atoms with Crippen LogP contribution in [-0.4, -0.2) is 50.1 Å². The summed E-state index contributed by atoms with van der Waals surface area (Å²) in [6.07, 6.45) is 2.37. The summed E-state index contributed by atoms with van der Waals surface area (Å²) in [7, 11) is 1.65. The normalized spacial score (nSPS) is 17.8. The molecule has 3 aromatic rings. The van der Waals surface area contributed by atoms with E-state index in [2.05, 4.69) is 25.2 Å². The van der Waals surface area contributed by atoms with Crippen LogP contribution in [0.1, 0.15) is 30.4 Å². The zero-order valence-corrected chi connectivity index (χ0v) is 16.6. The van der Waals surface area contributed by atoms with E-state index >= 15 is 0 Å². The Morgan fingerprint density at radius 3 is 2.71 bits per heavy atom. The van der Waals surface area contributed by atoms with E-state index in [1.807, 2.05) is 42.8 Å². The van der Waals surface area contributed by atoms with Crippen molar-refractivity contribution in [3.63, 3.8) is 0 Å². The zero-order chi connectivity index (χ0) is 19.5. The molecule has 8 nitrogen and oxygen atoms in total. The van der Waals surface area contributed by atoms with Gasteiger partial charge in [0.05, 0.1) is 13.7 Å². The van der Waals surface area contributed by atoms with Gasteiger partial charge in [-0.2, -0.15) is 5.10 Å². The van der Waals surface area contributed by atoms with Gasteiger partial charge in [-0.25, -0.2) is 9.67 Å². The van der Waals surface area contributed by atoms with E-state index in [1.165, 1.54) is 6.42 Å². The Morgan fingerprint density at radius 1 is 1.18 bits per heavy atom. The average Bonchev–Trinajstić information content (AvgIpc) is 3.28. The van der Waals surface area contributed by atoms with E-state index in [1.54, 1.807) is 7.11 Å². The largest absolute Gasteiger partial charge is 0.497 e. The van der Waals surface area contributed by atoms with Crippen LogP contribution in [0.3, 0.4) is 0 Å². The number of benzene rings is 1. The Labute approximate surface area is 164 Å². The van der Waals surface area contributed by atoms with E-state index in [9.17, 15) is 0 Å². The number of nitrogens with zero attached hydrogens (tertiary/aromatic N) is 6. The van der Waals surface area contributed by atoms with Crippen molar-refractivity contribution in [2.24, 2.45) is 5.92 Å². The number of hydrogen-bond acceptors (Lipinski definition) is 7. The number of methoxy groups -OCH3 is 1. The van der Waals surface area contributed by atoms with Gasteiger partial charge in [0.2, 0.25) is 11.8 Å². The van der Waals surface area contributed by atoms with Gasteiger partial charge in [0.15, 0.2) is 0 Å². The van der Waals surface area contributed by atoms with E-state index in [4.69, 9.17) is 9.15 Å². The molecular weight excluding hydrogens is 356 g/mol. The fourth-order valence-corrected chi connectivity index (χ4v) is 3.78. The second-order valence-electron chi connectivity index (χ2n) is 7.36. The smallest absolute Gasteiger partial charge is 0.247 e. The molecule has 1 unspecified atom stereocenters. The maximum Gasteiger partial charge on any atom is 0.247 e. The van der Waals surface area contributed by atoms with Crippen LogP contribution in [0, 0.1) is 19.8 Å². The van der Waals surface area contributed by atoms with Gasteiger partial charge < -0.3 is 9.15 Å². The first-order chi connectivity index (χ1) is 13.6. The van der Waals surface area contributed by atoms with Crippen LogP contribution >= 0.6 is 0 Å². The number of ether oxygens (including phenoxy) is 1. The molecule has 148 valence electrons. The summed E-state index contributed by atoms with van der Waals surface area (Å²) < 4.78 is 13.1. The second-order valence-corrected chi connectivity index (χ2v) is 7.36. The van der Waals surface area contributed by atoms with E-state index in [0.29, 0.717) is 24.2 Å². The highest BCUT2D eigenvalue weighted by atomic mass is 16.5. The molecule has 0 amide bonds. The van der Waals surface area contributed by atoms with Crippen LogP contribution in [-0.2, 0) is 13.1 Å². The van der Waals surface area contributed by atoms with Crippen LogP contribution in [0.5, 0.6) is 5.75 Å². The maximum absolute atomic E-state index is 5.89. The Bertz CT molecular complexity index is 917. The van der Waals surface area contributed by atoms with Crippen molar-refractivity contribution in [2.75, 3.05) is 20.2 Å². The van der Waals surface area contributed by atoms with Gasteiger partial charge in [-0.15, -0.1) is 10.2 Å². The highest BCUT2D eigenvalue weighted by molar-refractivity contribution is 5.53. The second kappa shape index (κ2) is 8.10. The number of rotatable bonds is 6. The van der Waals surface area contributed by atoms with Crippen LogP contribution in [0.25, 0.3) is 11.5 Å². The summed E-state index contributed by atoms with van der Waals surface area (Å²) in [5.74, 6) is 4.37. The first-order valence-corrected chi connectivity index (χ1v) is 9.68. The lowest BCUT2D eigenvalue weighted by molar-refractivity contribution is 0.142. The molecule has 2 aromatic heterocycles. The molecule has 28 heavy (non-hydrogen) atoms. The minimum atomic E-state index is 0.542. The number of likely N-dealkylation sites (tertiary alicyclic amines) is 1. The third-order valence-electron chi connectivity index (χ3n) is 5.16. The van der Waals surface area contributed by atoms with Crippen molar-refractivity contribution in [1.29, 1.82) is 0 Å². The Morgan fingerprint density at radius 2 is 2.00 bits per heavy atom. The fourth-order valence-electron chi connectivity index (χ4n) is 3.78. The standard InChI is InChI=1S/C20H26N6O2/c1-14-21-15(2)26(24-14)12-16-5-4-10-25(11-16)13-19-22-23-20(28-19)17-6-8-18(27-3)9-7-17/h6-9,16H,4-5,10-13H2,1-3H3. The minimum absolute atomic E-state index is 0.542. The maximum atomic E-state index is 5.89. The molecule has 1 aliphatic rings. The van der Waals surface area contributed by atoms with Gasteiger partial charge in [0.25, 0.3) is 0 Å². The topological polar surface area (TPSA) is 82.1 Å². The predicted molar refractivity (Wildman–Crippen MR) is 104 cm³/mol. The molecule has 0 saturated carbocycles. The lowest BCUT2D eigenvalue weighted by atomic mass is 9.98. The number of aromatic nitrogens is 5. The zero-order valence-electron chi connectivity index (χ0n) is 16.6. The third kappa shape index (κ3) is 4.22. The molecular formula is C20H26N6O2. The Kier molecular flexibility index (Phi) is 5.38. The molecule has 0 spiro atoms. The third-order valence-corrected chi connectivity index (χ3v) is 5.16. The van der Waals surface area contributed by atoms with Gasteiger partial charge in [-0.05, 0) is 63.4 Å². The Balaban J connectivity index is 1.37. The first-order valence-electron chi connectivity index (χ1n) is 9.68. The first kappa shape index (κ1) is 18.6. The molecule has 0 N–H and O–H groups in total. The molecule has 1 fully saturated rings. The molecule has 0 aliphatic carbocycles. The minimum Gasteiger partial charge on any atom is -0.497 e. The van der Waals surface area contributed by atoms with Crippen LogP contribution < -0.4 is 4.74 Å². The van der Waals surface area contributed by atoms with Crippen molar-refractivity contribution in [3.8, 4) is 17.2 Å². The molecule has 0 bridgehead atoms. The van der Waals surface area contributed by atoms with Crippen molar-refractivity contribution in [1.82, 2.24) is 29.9 Å². The Hall–Kier alpha value is -2.74. The average molecular weight is 382 g/mol. The molecule has 0 radical (unpaired) electrons. The van der Waals surface area contributed by atoms with Crippen molar-refractivity contribution in [2.45, 2.75) is 39.8 Å². The summed E-state index contributed by atoms with van der Waals surface area (Å²) in [6, 6.07) is 7.63. The molecule has 4 rings (SSSR count). The van der Waals surface area contributed by atoms with Gasteiger partial charge >= 0.3 is 0 Å². The van der Waals surface area contributed by atoms with E-state index < -0.39 is 0 Å². The van der Waals surface area contributed by atoms with Crippen LogP contribution in [0.4, 0.5) is 0 Å². The summed E-state index contributed by atoms with van der Waals surface area (Å²) in [5, 5.41) is 12.9. The summed E-state index contributed by atoms with van der Waals surface area (Å²) >= 11 is 0. The summed E-state index contributed by atoms with van der Waals surface area (Å²) in [6.45, 7) is 7.58. The molecule has 1 aliphatic heterocycles. The van der Waals surface area contributed by atoms with Crippen molar-refractivity contribution >= 4 is 0 Å². The lowest BCUT2D eigenvalue weighted by Gasteiger charge is -2.31. The highest BCUT2D eigenvalue weighted by Crippen LogP contribution is 2.23. The number of piperidine rings is 1. The molecule has 3 heterocycles. The molecule has 1 saturated heterocycles. The quantitative estimate of drug-likeness (QED) is 0.648. The SMILES string of the molecule is COc1ccc(-c2nnc(CN3CCCC(Cn4nc(C)nc4C)C3)o2)cc1. The monoisotopic (exact) mass is 382 g/mol. The van der Waals surface area contributed by atoms with Crippen molar-refractivity contribution in [3.05, 3.63) is 41.8 Å². The molecule has 1 atom stereocenters. The fraction of sp³-hybridized carbons (Fsp3) is 0.500. The lowest BCUT2D eigenvalue weighted by Crippen LogP contribution is -2.37. The van der Waals surface area contributed by atoms with Crippen molar-refractivity contribution < 1.29 is 9.15 Å². The van der Waals surface area contributed by atoms with E-state index in [-0.39, 0.29) is 0 Å². The van der Waals surface area contributed by atoms with Gasteiger partial charge in [-0.1, -0.05) is 0 Å². The van der Waals surface area contributed by atoms with Crippen LogP contribution in [0.15, 0.2) is 28.7 Å². The summed E-state index contributed by atoms with van der Waals surface area (Å²) in [4.78, 5) is 6.79. The molecule has 8 heteroatoms. The highest BCUT2D eigenvalue weighted by Gasteiger charge is 2.23. The number of aryl methyl sites for hydroxylation is 2. The van der Waals surface area contributed by atoms with Crippen LogP contribution in [0.2, 0.25) is 0 Å². The number of hydrogen-bond donors (Lipinski definition) is 0. The van der Waals surface area contributed by atoms with Gasteiger partial charge in [0, 0.05) is 18.7 Å². The predicted octanol–water partition coefficient (Wildman–Crippen LogP) is 2.87. The molecule has 1 aromatic carbocycles. The summed E-state index contributed by atoms with van der Waals surface area (Å²) in [5.41, 5.74) is 0.896.